The Kier molecular flexibility index (Phi) is 6.21. The maximum atomic E-state index is 11.9. The zero-order valence-corrected chi connectivity index (χ0v) is 12.8. The fraction of sp³-hybridized carbons (Fsp3) is 0.500. The Labute approximate surface area is 130 Å². The van der Waals surface area contributed by atoms with Crippen molar-refractivity contribution in [3.63, 3.8) is 0 Å². The summed E-state index contributed by atoms with van der Waals surface area (Å²) in [6.07, 6.45) is 2.57. The number of carbonyl (C=O) groups is 2. The van der Waals surface area contributed by atoms with Crippen LogP contribution in [0.25, 0.3) is 0 Å². The van der Waals surface area contributed by atoms with Crippen molar-refractivity contribution in [1.82, 2.24) is 10.4 Å². The summed E-state index contributed by atoms with van der Waals surface area (Å²) in [6.45, 7) is 3.24. The third-order valence-electron chi connectivity index (χ3n) is 3.43. The van der Waals surface area contributed by atoms with E-state index in [-0.39, 0.29) is 6.61 Å². The van der Waals surface area contributed by atoms with Crippen LogP contribution in [0.2, 0.25) is 0 Å². The first kappa shape index (κ1) is 16.3. The number of nitrogens with one attached hydrogen (secondary N) is 1. The lowest BCUT2D eigenvalue weighted by atomic mass is 10.2. The zero-order chi connectivity index (χ0) is 15.8. The molecule has 2 rings (SSSR count). The Hall–Kier alpha value is -2.08. The third-order valence-corrected chi connectivity index (χ3v) is 3.43. The number of piperidine rings is 1. The van der Waals surface area contributed by atoms with Gasteiger partial charge in [-0.1, -0.05) is 36.8 Å². The first-order valence-corrected chi connectivity index (χ1v) is 7.59. The van der Waals surface area contributed by atoms with E-state index in [9.17, 15) is 9.59 Å². The number of carbonyl (C=O) groups excluding carboxylic acids is 2. The summed E-state index contributed by atoms with van der Waals surface area (Å²) >= 11 is 0. The fourth-order valence-electron chi connectivity index (χ4n) is 2.16. The number of hydrogen-bond acceptors (Lipinski definition) is 5. The number of benzene rings is 1. The summed E-state index contributed by atoms with van der Waals surface area (Å²) in [4.78, 5) is 28.8. The molecule has 1 aliphatic rings. The second-order valence-corrected chi connectivity index (χ2v) is 5.33. The number of nitrogens with zero attached hydrogens (tertiary/aromatic N) is 1. The maximum Gasteiger partial charge on any atom is 0.408 e. The average Bonchev–Trinajstić information content (AvgIpc) is 2.55. The van der Waals surface area contributed by atoms with Crippen LogP contribution in [-0.2, 0) is 21.0 Å². The Bertz CT molecular complexity index is 486. The van der Waals surface area contributed by atoms with Crippen molar-refractivity contribution in [1.29, 1.82) is 0 Å². The Morgan fingerprint density at radius 1 is 1.18 bits per heavy atom. The van der Waals surface area contributed by atoms with E-state index in [0.29, 0.717) is 0 Å². The predicted molar refractivity (Wildman–Crippen MR) is 80.7 cm³/mol. The van der Waals surface area contributed by atoms with Crippen molar-refractivity contribution in [3.05, 3.63) is 35.9 Å². The van der Waals surface area contributed by atoms with Crippen molar-refractivity contribution >= 4 is 12.1 Å². The van der Waals surface area contributed by atoms with Crippen molar-refractivity contribution in [2.75, 3.05) is 13.1 Å². The lowest BCUT2D eigenvalue weighted by molar-refractivity contribution is -0.196. The summed E-state index contributed by atoms with van der Waals surface area (Å²) in [5.41, 5.74) is 0.890. The number of hydrogen-bond donors (Lipinski definition) is 1. The molecule has 6 heteroatoms. The molecule has 6 nitrogen and oxygen atoms in total. The number of alkyl carbamates (subject to hydrolysis) is 1. The molecule has 0 radical (unpaired) electrons. The van der Waals surface area contributed by atoms with Crippen molar-refractivity contribution in [2.45, 2.75) is 38.8 Å². The molecule has 1 amide bonds. The molecular formula is C16H22N2O4. The fourth-order valence-corrected chi connectivity index (χ4v) is 2.16. The normalized spacial score (nSPS) is 16.6. The molecule has 0 bridgehead atoms. The Balaban J connectivity index is 1.69. The maximum absolute atomic E-state index is 11.9. The molecule has 0 unspecified atom stereocenters. The van der Waals surface area contributed by atoms with E-state index in [2.05, 4.69) is 5.32 Å². The SMILES string of the molecule is C[C@H](NC(=O)OCc1ccccc1)C(=O)ON1CCCCC1. The lowest BCUT2D eigenvalue weighted by Crippen LogP contribution is -2.43. The van der Waals surface area contributed by atoms with Gasteiger partial charge >= 0.3 is 12.1 Å². The molecule has 22 heavy (non-hydrogen) atoms. The van der Waals surface area contributed by atoms with Crippen molar-refractivity contribution in [3.8, 4) is 0 Å². The molecule has 1 aromatic rings. The second kappa shape index (κ2) is 8.38. The number of amides is 1. The molecule has 1 heterocycles. The number of ether oxygens (including phenoxy) is 1. The van der Waals surface area contributed by atoms with E-state index in [1.54, 1.807) is 12.0 Å². The zero-order valence-electron chi connectivity index (χ0n) is 12.8. The van der Waals surface area contributed by atoms with Gasteiger partial charge in [0.15, 0.2) is 0 Å². The first-order valence-electron chi connectivity index (χ1n) is 7.59. The topological polar surface area (TPSA) is 67.9 Å². The molecule has 1 atom stereocenters. The van der Waals surface area contributed by atoms with Crippen LogP contribution in [0.4, 0.5) is 4.79 Å². The van der Waals surface area contributed by atoms with E-state index >= 15 is 0 Å². The van der Waals surface area contributed by atoms with Crippen LogP contribution in [0.5, 0.6) is 0 Å². The monoisotopic (exact) mass is 306 g/mol. The lowest BCUT2D eigenvalue weighted by Gasteiger charge is -2.26. The molecule has 1 aromatic carbocycles. The van der Waals surface area contributed by atoms with Crippen LogP contribution in [0.3, 0.4) is 0 Å². The van der Waals surface area contributed by atoms with Gasteiger partial charge in [-0.15, -0.1) is 5.06 Å². The third kappa shape index (κ3) is 5.37. The van der Waals surface area contributed by atoms with Crippen LogP contribution in [-0.4, -0.2) is 36.3 Å². The van der Waals surface area contributed by atoms with Gasteiger partial charge in [-0.05, 0) is 25.3 Å². The highest BCUT2D eigenvalue weighted by Crippen LogP contribution is 2.09. The van der Waals surface area contributed by atoms with Crippen LogP contribution in [0.15, 0.2) is 30.3 Å². The molecule has 1 saturated heterocycles. The standard InChI is InChI=1S/C16H22N2O4/c1-13(15(19)22-18-10-6-3-7-11-18)17-16(20)21-12-14-8-4-2-5-9-14/h2,4-5,8-9,13H,3,6-7,10-12H2,1H3,(H,17,20)/t13-/m0/s1. The summed E-state index contributed by atoms with van der Waals surface area (Å²) in [6, 6.07) is 8.61. The Morgan fingerprint density at radius 2 is 1.86 bits per heavy atom. The van der Waals surface area contributed by atoms with E-state index in [0.717, 1.165) is 37.9 Å². The van der Waals surface area contributed by atoms with E-state index in [1.807, 2.05) is 30.3 Å². The second-order valence-electron chi connectivity index (χ2n) is 5.33. The smallest absolute Gasteiger partial charge is 0.408 e. The van der Waals surface area contributed by atoms with Crippen LogP contribution in [0, 0.1) is 0 Å². The van der Waals surface area contributed by atoms with Gasteiger partial charge in [0.1, 0.15) is 12.6 Å². The summed E-state index contributed by atoms with van der Waals surface area (Å²) < 4.78 is 5.07. The molecule has 1 aliphatic heterocycles. The van der Waals surface area contributed by atoms with Gasteiger partial charge in [-0.3, -0.25) is 0 Å². The summed E-state index contributed by atoms with van der Waals surface area (Å²) in [5, 5.41) is 4.13. The predicted octanol–water partition coefficient (Wildman–Crippen LogP) is 2.25. The van der Waals surface area contributed by atoms with Crippen LogP contribution >= 0.6 is 0 Å². The summed E-state index contributed by atoms with van der Waals surface area (Å²) in [5.74, 6) is -0.474. The first-order chi connectivity index (χ1) is 10.6. The van der Waals surface area contributed by atoms with Gasteiger partial charge in [0.25, 0.3) is 0 Å². The highest BCUT2D eigenvalue weighted by molar-refractivity contribution is 5.80. The molecule has 0 aliphatic carbocycles. The molecule has 0 aromatic heterocycles. The minimum absolute atomic E-state index is 0.167. The summed E-state index contributed by atoms with van der Waals surface area (Å²) in [7, 11) is 0. The van der Waals surface area contributed by atoms with Crippen LogP contribution < -0.4 is 5.32 Å². The van der Waals surface area contributed by atoms with E-state index < -0.39 is 18.1 Å². The Morgan fingerprint density at radius 3 is 2.55 bits per heavy atom. The van der Waals surface area contributed by atoms with Crippen molar-refractivity contribution in [2.24, 2.45) is 0 Å². The van der Waals surface area contributed by atoms with Gasteiger partial charge in [0.2, 0.25) is 0 Å². The number of rotatable bonds is 5. The number of hydroxylamine groups is 2. The van der Waals surface area contributed by atoms with Gasteiger partial charge < -0.3 is 14.9 Å². The van der Waals surface area contributed by atoms with E-state index in [4.69, 9.17) is 9.57 Å². The van der Waals surface area contributed by atoms with E-state index in [1.165, 1.54) is 0 Å². The quantitative estimate of drug-likeness (QED) is 0.903. The molecule has 1 N–H and O–H groups in total. The highest BCUT2D eigenvalue weighted by atomic mass is 16.7. The molecule has 0 spiro atoms. The van der Waals surface area contributed by atoms with Crippen molar-refractivity contribution < 1.29 is 19.2 Å². The molecule has 1 fully saturated rings. The van der Waals surface area contributed by atoms with Gasteiger partial charge in [0, 0.05) is 13.1 Å². The minimum atomic E-state index is -0.745. The highest BCUT2D eigenvalue weighted by Gasteiger charge is 2.22. The van der Waals surface area contributed by atoms with Gasteiger partial charge in [-0.2, -0.15) is 0 Å². The molecule has 0 saturated carbocycles. The largest absolute Gasteiger partial charge is 0.445 e. The van der Waals surface area contributed by atoms with Gasteiger partial charge in [0.05, 0.1) is 0 Å². The average molecular weight is 306 g/mol. The molecular weight excluding hydrogens is 284 g/mol. The van der Waals surface area contributed by atoms with Gasteiger partial charge in [-0.25, -0.2) is 9.59 Å². The van der Waals surface area contributed by atoms with Crippen LogP contribution in [0.1, 0.15) is 31.7 Å². The minimum Gasteiger partial charge on any atom is -0.445 e. The molecule has 120 valence electrons.